The van der Waals surface area contributed by atoms with Crippen LogP contribution in [0.1, 0.15) is 35.6 Å². The summed E-state index contributed by atoms with van der Waals surface area (Å²) >= 11 is 3.63. The van der Waals surface area contributed by atoms with Crippen molar-refractivity contribution >= 4 is 21.7 Å². The van der Waals surface area contributed by atoms with Gasteiger partial charge in [0.2, 0.25) is 0 Å². The molecule has 0 atom stereocenters. The Kier molecular flexibility index (Phi) is 3.50. The highest BCUT2D eigenvalue weighted by molar-refractivity contribution is 9.10. The van der Waals surface area contributed by atoms with Crippen LogP contribution in [0.15, 0.2) is 22.7 Å². The normalized spacial score (nSPS) is 14.4. The lowest BCUT2D eigenvalue weighted by molar-refractivity contribution is 0.980. The first-order chi connectivity index (χ1) is 9.60. The van der Waals surface area contributed by atoms with E-state index in [-0.39, 0.29) is 0 Å². The fraction of sp³-hybridized carbons (Fsp3) is 0.375. The quantitative estimate of drug-likeness (QED) is 0.903. The summed E-state index contributed by atoms with van der Waals surface area (Å²) in [5, 5.41) is 3.16. The van der Waals surface area contributed by atoms with Gasteiger partial charge in [-0.2, -0.15) is 0 Å². The molecule has 1 aliphatic rings. The molecular weight excluding hydrogens is 314 g/mol. The first-order valence-electron chi connectivity index (χ1n) is 6.93. The number of halogens is 1. The Morgan fingerprint density at radius 3 is 2.50 bits per heavy atom. The number of anilines is 1. The summed E-state index contributed by atoms with van der Waals surface area (Å²) in [4.78, 5) is 9.42. The van der Waals surface area contributed by atoms with Crippen LogP contribution < -0.4 is 5.32 Å². The van der Waals surface area contributed by atoms with E-state index in [9.17, 15) is 0 Å². The van der Waals surface area contributed by atoms with Gasteiger partial charge in [-0.1, -0.05) is 12.1 Å². The highest BCUT2D eigenvalue weighted by atomic mass is 79.9. The molecule has 3 rings (SSSR count). The number of hydrogen-bond acceptors (Lipinski definition) is 3. The van der Waals surface area contributed by atoms with Gasteiger partial charge in [0.1, 0.15) is 5.82 Å². The number of nitrogens with zero attached hydrogens (tertiary/aromatic N) is 2. The van der Waals surface area contributed by atoms with Gasteiger partial charge in [0.05, 0.1) is 10.2 Å². The number of rotatable bonds is 3. The fourth-order valence-corrected chi connectivity index (χ4v) is 2.97. The van der Waals surface area contributed by atoms with E-state index >= 15 is 0 Å². The molecule has 0 radical (unpaired) electrons. The molecule has 104 valence electrons. The van der Waals surface area contributed by atoms with Gasteiger partial charge in [0, 0.05) is 18.5 Å². The van der Waals surface area contributed by atoms with Crippen LogP contribution in [0.25, 0.3) is 11.4 Å². The van der Waals surface area contributed by atoms with Crippen molar-refractivity contribution in [1.29, 1.82) is 0 Å². The van der Waals surface area contributed by atoms with Crippen LogP contribution in [0, 0.1) is 13.8 Å². The van der Waals surface area contributed by atoms with Crippen LogP contribution in [-0.2, 0) is 0 Å². The molecule has 1 aromatic heterocycles. The van der Waals surface area contributed by atoms with Crippen molar-refractivity contribution in [2.75, 3.05) is 12.4 Å². The molecule has 0 saturated heterocycles. The molecule has 20 heavy (non-hydrogen) atoms. The molecule has 1 fully saturated rings. The van der Waals surface area contributed by atoms with Crippen LogP contribution in [0.4, 0.5) is 5.82 Å². The molecule has 4 heteroatoms. The van der Waals surface area contributed by atoms with Gasteiger partial charge >= 0.3 is 0 Å². The molecule has 1 aliphatic carbocycles. The number of nitrogens with one attached hydrogen (secondary N) is 1. The maximum Gasteiger partial charge on any atom is 0.161 e. The highest BCUT2D eigenvalue weighted by Crippen LogP contribution is 2.44. The van der Waals surface area contributed by atoms with Gasteiger partial charge < -0.3 is 5.32 Å². The molecule has 0 bridgehead atoms. The summed E-state index contributed by atoms with van der Waals surface area (Å²) in [7, 11) is 1.90. The average Bonchev–Trinajstić information content (AvgIpc) is 3.27. The molecule has 3 nitrogen and oxygen atoms in total. The summed E-state index contributed by atoms with van der Waals surface area (Å²) in [6, 6.07) is 6.39. The number of hydrogen-bond donors (Lipinski definition) is 1. The largest absolute Gasteiger partial charge is 0.372 e. The van der Waals surface area contributed by atoms with E-state index in [1.165, 1.54) is 24.0 Å². The van der Waals surface area contributed by atoms with Gasteiger partial charge in [-0.15, -0.1) is 0 Å². The van der Waals surface area contributed by atoms with Crippen LogP contribution in [0.2, 0.25) is 0 Å². The van der Waals surface area contributed by atoms with Crippen molar-refractivity contribution in [2.45, 2.75) is 32.6 Å². The van der Waals surface area contributed by atoms with Crippen LogP contribution in [-0.4, -0.2) is 17.0 Å². The number of aryl methyl sites for hydroxylation is 2. The topological polar surface area (TPSA) is 37.8 Å². The summed E-state index contributed by atoms with van der Waals surface area (Å²) in [5.41, 5.74) is 4.78. The first kappa shape index (κ1) is 13.6. The lowest BCUT2D eigenvalue weighted by Gasteiger charge is -2.11. The molecule has 2 aromatic rings. The summed E-state index contributed by atoms with van der Waals surface area (Å²) < 4.78 is 1.01. The average molecular weight is 332 g/mol. The van der Waals surface area contributed by atoms with Gasteiger partial charge in [0.25, 0.3) is 0 Å². The Bertz CT molecular complexity index is 663. The van der Waals surface area contributed by atoms with E-state index in [0.29, 0.717) is 5.92 Å². The monoisotopic (exact) mass is 331 g/mol. The molecule has 1 heterocycles. The van der Waals surface area contributed by atoms with Gasteiger partial charge in [-0.25, -0.2) is 9.97 Å². The van der Waals surface area contributed by atoms with Crippen molar-refractivity contribution in [3.8, 4) is 11.4 Å². The van der Waals surface area contributed by atoms with Crippen LogP contribution >= 0.6 is 15.9 Å². The molecule has 1 N–H and O–H groups in total. The van der Waals surface area contributed by atoms with E-state index < -0.39 is 0 Å². The smallest absolute Gasteiger partial charge is 0.161 e. The predicted molar refractivity (Wildman–Crippen MR) is 86.2 cm³/mol. The number of aromatic nitrogens is 2. The Morgan fingerprint density at radius 1 is 1.15 bits per heavy atom. The second-order valence-corrected chi connectivity index (χ2v) is 6.21. The molecule has 0 amide bonds. The third-order valence-corrected chi connectivity index (χ3v) is 4.62. The summed E-state index contributed by atoms with van der Waals surface area (Å²) in [6.45, 7) is 4.24. The highest BCUT2D eigenvalue weighted by Gasteiger charge is 2.29. The second-order valence-electron chi connectivity index (χ2n) is 5.42. The standard InChI is InChI=1S/C16H18BrN3/c1-9-4-5-12(8-10(9)2)15-19-14(11-6-7-11)13(17)16(18-3)20-15/h4-5,8,11H,6-7H2,1-3H3,(H,18,19,20). The third kappa shape index (κ3) is 2.44. The van der Waals surface area contributed by atoms with E-state index in [0.717, 1.165) is 27.4 Å². The van der Waals surface area contributed by atoms with E-state index in [1.54, 1.807) is 0 Å². The van der Waals surface area contributed by atoms with E-state index in [4.69, 9.17) is 4.98 Å². The zero-order chi connectivity index (χ0) is 14.3. The summed E-state index contributed by atoms with van der Waals surface area (Å²) in [5.74, 6) is 2.27. The SMILES string of the molecule is CNc1nc(-c2ccc(C)c(C)c2)nc(C2CC2)c1Br. The summed E-state index contributed by atoms with van der Waals surface area (Å²) in [6.07, 6.45) is 2.45. The predicted octanol–water partition coefficient (Wildman–Crippen LogP) is 4.44. The Labute approximate surface area is 128 Å². The second kappa shape index (κ2) is 5.17. The fourth-order valence-electron chi connectivity index (χ4n) is 2.27. The van der Waals surface area contributed by atoms with Gasteiger partial charge in [0.15, 0.2) is 5.82 Å². The molecule has 0 unspecified atom stereocenters. The van der Waals surface area contributed by atoms with Crippen LogP contribution in [0.3, 0.4) is 0 Å². The maximum absolute atomic E-state index is 4.79. The lowest BCUT2D eigenvalue weighted by atomic mass is 10.1. The molecule has 0 aliphatic heterocycles. The van der Waals surface area contributed by atoms with Crippen molar-refractivity contribution in [2.24, 2.45) is 0 Å². The minimum Gasteiger partial charge on any atom is -0.372 e. The maximum atomic E-state index is 4.79. The van der Waals surface area contributed by atoms with Gasteiger partial charge in [-0.05, 0) is 59.8 Å². The number of benzene rings is 1. The van der Waals surface area contributed by atoms with E-state index in [1.807, 2.05) is 7.05 Å². The lowest BCUT2D eigenvalue weighted by Crippen LogP contribution is -2.02. The molecule has 1 aromatic carbocycles. The van der Waals surface area contributed by atoms with Gasteiger partial charge in [-0.3, -0.25) is 0 Å². The van der Waals surface area contributed by atoms with Crippen molar-refractivity contribution in [3.05, 3.63) is 39.5 Å². The first-order valence-corrected chi connectivity index (χ1v) is 7.72. The minimum absolute atomic E-state index is 0.588. The zero-order valence-electron chi connectivity index (χ0n) is 12.0. The Balaban J connectivity index is 2.12. The van der Waals surface area contributed by atoms with E-state index in [2.05, 4.69) is 58.3 Å². The third-order valence-electron chi connectivity index (χ3n) is 3.84. The zero-order valence-corrected chi connectivity index (χ0v) is 13.6. The molecule has 0 spiro atoms. The van der Waals surface area contributed by atoms with Crippen LogP contribution in [0.5, 0.6) is 0 Å². The molecule has 1 saturated carbocycles. The minimum atomic E-state index is 0.588. The van der Waals surface area contributed by atoms with Crippen molar-refractivity contribution in [1.82, 2.24) is 9.97 Å². The van der Waals surface area contributed by atoms with Crippen molar-refractivity contribution < 1.29 is 0 Å². The molecular formula is C16H18BrN3. The Morgan fingerprint density at radius 2 is 1.90 bits per heavy atom. The Hall–Kier alpha value is -1.42. The van der Waals surface area contributed by atoms with Crippen molar-refractivity contribution in [3.63, 3.8) is 0 Å².